The van der Waals surface area contributed by atoms with E-state index in [0.29, 0.717) is 6.54 Å². The SMILES string of the molecule is CC1(c2ccccc2)c2ccccc2-c2ccc(-c3ccc(N(Cc4ccccc4-c4cccc5cccc(-c6ccccc6)c45)c4cccc5c4c4ccccc4n5-c4ccccc4)cc3)cc21. The van der Waals surface area contributed by atoms with Crippen molar-refractivity contribution in [2.75, 3.05) is 4.90 Å². The van der Waals surface area contributed by atoms with Crippen molar-refractivity contribution in [1.29, 1.82) is 0 Å². The Bertz CT molecular complexity index is 3860. The minimum absolute atomic E-state index is 0.267. The molecule has 13 rings (SSSR count). The molecule has 1 aromatic heterocycles. The van der Waals surface area contributed by atoms with Gasteiger partial charge in [0.15, 0.2) is 0 Å². The molecule has 69 heavy (non-hydrogen) atoms. The van der Waals surface area contributed by atoms with Gasteiger partial charge in [-0.2, -0.15) is 0 Å². The predicted molar refractivity (Wildman–Crippen MR) is 291 cm³/mol. The Morgan fingerprint density at radius 2 is 0.986 bits per heavy atom. The van der Waals surface area contributed by atoms with Crippen LogP contribution in [0.3, 0.4) is 0 Å². The van der Waals surface area contributed by atoms with Crippen LogP contribution in [0.4, 0.5) is 11.4 Å². The van der Waals surface area contributed by atoms with Crippen LogP contribution in [0.25, 0.3) is 82.8 Å². The van der Waals surface area contributed by atoms with Gasteiger partial charge in [-0.25, -0.2) is 0 Å². The monoisotopic (exact) mass is 880 g/mol. The molecule has 0 radical (unpaired) electrons. The summed E-state index contributed by atoms with van der Waals surface area (Å²) in [5.74, 6) is 0. The van der Waals surface area contributed by atoms with Crippen LogP contribution in [0.2, 0.25) is 0 Å². The summed E-state index contributed by atoms with van der Waals surface area (Å²) < 4.78 is 2.42. The third-order valence-electron chi connectivity index (χ3n) is 14.8. The number of benzene rings is 11. The molecule has 0 saturated heterocycles. The molecule has 11 aromatic carbocycles. The van der Waals surface area contributed by atoms with Gasteiger partial charge in [-0.1, -0.05) is 212 Å². The first-order valence-electron chi connectivity index (χ1n) is 24.0. The van der Waals surface area contributed by atoms with Crippen LogP contribution in [0, 0.1) is 0 Å². The predicted octanol–water partition coefficient (Wildman–Crippen LogP) is 17.6. The fourth-order valence-corrected chi connectivity index (χ4v) is 11.5. The van der Waals surface area contributed by atoms with Gasteiger partial charge < -0.3 is 9.47 Å². The van der Waals surface area contributed by atoms with E-state index < -0.39 is 0 Å². The van der Waals surface area contributed by atoms with Gasteiger partial charge in [-0.05, 0) is 133 Å². The second-order valence-electron chi connectivity index (χ2n) is 18.5. The van der Waals surface area contributed by atoms with E-state index in [1.165, 1.54) is 99.3 Å². The molecular formula is C67H48N2. The van der Waals surface area contributed by atoms with Crippen molar-refractivity contribution in [1.82, 2.24) is 4.57 Å². The van der Waals surface area contributed by atoms with Gasteiger partial charge in [0.2, 0.25) is 0 Å². The molecule has 0 saturated carbocycles. The summed E-state index contributed by atoms with van der Waals surface area (Å²) in [4.78, 5) is 2.54. The maximum atomic E-state index is 2.54. The van der Waals surface area contributed by atoms with Gasteiger partial charge in [0, 0.05) is 34.1 Å². The molecule has 0 bridgehead atoms. The number of nitrogens with zero attached hydrogens (tertiary/aromatic N) is 2. The van der Waals surface area contributed by atoms with Crippen LogP contribution in [0.1, 0.15) is 29.2 Å². The first-order chi connectivity index (χ1) is 34.1. The molecule has 0 fully saturated rings. The summed E-state index contributed by atoms with van der Waals surface area (Å²) in [5.41, 5.74) is 20.8. The normalized spacial score (nSPS) is 14.0. The van der Waals surface area contributed by atoms with Crippen molar-refractivity contribution in [3.8, 4) is 50.2 Å². The quantitative estimate of drug-likeness (QED) is 0.140. The Morgan fingerprint density at radius 1 is 0.391 bits per heavy atom. The fraction of sp³-hybridized carbons (Fsp3) is 0.0448. The molecule has 1 heterocycles. The number of rotatable bonds is 9. The molecule has 0 spiro atoms. The summed E-state index contributed by atoms with van der Waals surface area (Å²) in [5, 5.41) is 4.95. The Hall–Kier alpha value is -8.72. The highest BCUT2D eigenvalue weighted by molar-refractivity contribution is 6.16. The van der Waals surface area contributed by atoms with Gasteiger partial charge >= 0.3 is 0 Å². The lowest BCUT2D eigenvalue weighted by Gasteiger charge is -2.29. The highest BCUT2D eigenvalue weighted by Gasteiger charge is 2.40. The van der Waals surface area contributed by atoms with Crippen molar-refractivity contribution >= 4 is 44.0 Å². The zero-order valence-electron chi connectivity index (χ0n) is 38.4. The highest BCUT2D eigenvalue weighted by atomic mass is 15.1. The molecular weight excluding hydrogens is 833 g/mol. The number of anilines is 2. The minimum atomic E-state index is -0.267. The molecule has 1 aliphatic carbocycles. The Morgan fingerprint density at radius 3 is 1.78 bits per heavy atom. The van der Waals surface area contributed by atoms with Crippen molar-refractivity contribution in [3.63, 3.8) is 0 Å². The molecule has 1 unspecified atom stereocenters. The molecule has 0 aliphatic heterocycles. The number of hydrogen-bond acceptors (Lipinski definition) is 1. The average molecular weight is 881 g/mol. The number of para-hydroxylation sites is 2. The second kappa shape index (κ2) is 16.6. The summed E-state index contributed by atoms with van der Waals surface area (Å²) in [7, 11) is 0. The summed E-state index contributed by atoms with van der Waals surface area (Å²) in [6.07, 6.45) is 0. The minimum Gasteiger partial charge on any atom is -0.336 e. The maximum Gasteiger partial charge on any atom is 0.0562 e. The summed E-state index contributed by atoms with van der Waals surface area (Å²) in [6.45, 7) is 3.04. The zero-order valence-corrected chi connectivity index (χ0v) is 38.4. The molecule has 12 aromatic rings. The zero-order chi connectivity index (χ0) is 45.9. The molecule has 0 N–H and O–H groups in total. The lowest BCUT2D eigenvalue weighted by molar-refractivity contribution is 0.714. The van der Waals surface area contributed by atoms with Gasteiger partial charge in [-0.15, -0.1) is 0 Å². The lowest BCUT2D eigenvalue weighted by atomic mass is 9.74. The number of hydrogen-bond donors (Lipinski definition) is 0. The highest BCUT2D eigenvalue weighted by Crippen LogP contribution is 2.53. The van der Waals surface area contributed by atoms with Crippen molar-refractivity contribution < 1.29 is 0 Å². The molecule has 2 heteroatoms. The Labute approximate surface area is 403 Å². The Balaban J connectivity index is 0.980. The number of fused-ring (bicyclic) bond motifs is 7. The van der Waals surface area contributed by atoms with E-state index in [2.05, 4.69) is 277 Å². The maximum absolute atomic E-state index is 2.54. The Kier molecular flexibility index (Phi) is 9.73. The van der Waals surface area contributed by atoms with Crippen molar-refractivity contribution in [3.05, 3.63) is 283 Å². The molecule has 0 amide bonds. The van der Waals surface area contributed by atoms with E-state index in [1.807, 2.05) is 0 Å². The van der Waals surface area contributed by atoms with Crippen LogP contribution >= 0.6 is 0 Å². The van der Waals surface area contributed by atoms with E-state index in [9.17, 15) is 0 Å². The molecule has 1 aliphatic rings. The van der Waals surface area contributed by atoms with Gasteiger partial charge in [0.05, 0.1) is 16.7 Å². The van der Waals surface area contributed by atoms with Crippen LogP contribution in [-0.4, -0.2) is 4.57 Å². The third kappa shape index (κ3) is 6.63. The van der Waals surface area contributed by atoms with Crippen molar-refractivity contribution in [2.24, 2.45) is 0 Å². The van der Waals surface area contributed by atoms with Crippen LogP contribution in [0.15, 0.2) is 261 Å². The number of aromatic nitrogens is 1. The fourth-order valence-electron chi connectivity index (χ4n) is 11.5. The molecule has 1 atom stereocenters. The summed E-state index contributed by atoms with van der Waals surface area (Å²) >= 11 is 0. The van der Waals surface area contributed by atoms with E-state index in [1.54, 1.807) is 0 Å². The first kappa shape index (κ1) is 40.5. The topological polar surface area (TPSA) is 8.17 Å². The van der Waals surface area contributed by atoms with Gasteiger partial charge in [-0.3, -0.25) is 0 Å². The van der Waals surface area contributed by atoms with Gasteiger partial charge in [0.25, 0.3) is 0 Å². The smallest absolute Gasteiger partial charge is 0.0562 e. The van der Waals surface area contributed by atoms with E-state index in [4.69, 9.17) is 0 Å². The molecule has 2 nitrogen and oxygen atoms in total. The van der Waals surface area contributed by atoms with Crippen molar-refractivity contribution in [2.45, 2.75) is 18.9 Å². The summed E-state index contributed by atoms with van der Waals surface area (Å²) in [6, 6.07) is 96.0. The van der Waals surface area contributed by atoms with E-state index in [0.717, 1.165) is 17.1 Å². The van der Waals surface area contributed by atoms with Gasteiger partial charge in [0.1, 0.15) is 0 Å². The standard InChI is InChI=1S/C67H48N2/c1-67(51-25-7-3-8-26-51)60-34-15-13-30-56(60)57-43-40-49(44-61(57)67)46-38-41-52(42-39-46)68(63-36-19-37-64-66(63)59-31-14-16-35-62(59)69(64)53-27-9-4-10-28-53)45-50-22-11-12-29-54(50)58-33-18-24-48-23-17-32-55(65(48)58)47-20-5-2-6-21-47/h2-44H,45H2,1H3. The van der Waals surface area contributed by atoms with E-state index in [-0.39, 0.29) is 5.41 Å². The van der Waals surface area contributed by atoms with Crippen LogP contribution in [0.5, 0.6) is 0 Å². The van der Waals surface area contributed by atoms with E-state index >= 15 is 0 Å². The third-order valence-corrected chi connectivity index (χ3v) is 14.8. The molecule has 326 valence electrons. The average Bonchev–Trinajstić information content (AvgIpc) is 3.90. The van der Waals surface area contributed by atoms with Crippen LogP contribution in [-0.2, 0) is 12.0 Å². The first-order valence-corrected chi connectivity index (χ1v) is 24.0. The second-order valence-corrected chi connectivity index (χ2v) is 18.5. The van der Waals surface area contributed by atoms with Crippen LogP contribution < -0.4 is 4.90 Å². The lowest BCUT2D eigenvalue weighted by Crippen LogP contribution is -2.22. The largest absolute Gasteiger partial charge is 0.336 e.